The molecule has 2 aromatic carbocycles. The van der Waals surface area contributed by atoms with Gasteiger partial charge in [-0.05, 0) is 36.1 Å². The molecule has 1 saturated carbocycles. The van der Waals surface area contributed by atoms with Gasteiger partial charge in [0.1, 0.15) is 6.54 Å². The zero-order chi connectivity index (χ0) is 20.2. The van der Waals surface area contributed by atoms with Crippen LogP contribution in [0.15, 0.2) is 48.5 Å². The lowest BCUT2D eigenvalue weighted by Crippen LogP contribution is -2.39. The number of nitrogens with one attached hydrogen (secondary N) is 1. The van der Waals surface area contributed by atoms with Gasteiger partial charge in [-0.2, -0.15) is 0 Å². The van der Waals surface area contributed by atoms with Gasteiger partial charge in [0, 0.05) is 22.7 Å². The number of nitrogens with zero attached hydrogens (tertiary/aromatic N) is 1. The molecule has 1 unspecified atom stereocenters. The summed E-state index contributed by atoms with van der Waals surface area (Å²) in [7, 11) is 0. The summed E-state index contributed by atoms with van der Waals surface area (Å²) in [6, 6.07) is 15.0. The number of halogens is 1. The summed E-state index contributed by atoms with van der Waals surface area (Å²) in [6.45, 7) is 0.0510. The van der Waals surface area contributed by atoms with E-state index >= 15 is 0 Å². The number of carbonyl (C=O) groups is 2. The lowest BCUT2D eigenvalue weighted by Gasteiger charge is -2.31. The van der Waals surface area contributed by atoms with E-state index in [0.29, 0.717) is 17.4 Å². The van der Waals surface area contributed by atoms with E-state index in [0.717, 1.165) is 23.2 Å². The smallest absolute Gasteiger partial charge is 0.244 e. The second kappa shape index (κ2) is 9.00. The van der Waals surface area contributed by atoms with E-state index < -0.39 is 0 Å². The summed E-state index contributed by atoms with van der Waals surface area (Å²) in [5.41, 5.74) is 2.56. The summed E-state index contributed by atoms with van der Waals surface area (Å²) >= 11 is 6.29. The Labute approximate surface area is 177 Å². The lowest BCUT2D eigenvalue weighted by molar-refractivity contribution is -0.136. The van der Waals surface area contributed by atoms with Crippen molar-refractivity contribution in [2.24, 2.45) is 5.92 Å². The highest BCUT2D eigenvalue weighted by atomic mass is 35.5. The molecule has 29 heavy (non-hydrogen) atoms. The van der Waals surface area contributed by atoms with Crippen LogP contribution in [0.2, 0.25) is 5.02 Å². The second-order valence-corrected chi connectivity index (χ2v) is 8.59. The maximum atomic E-state index is 13.3. The molecule has 4 nitrogen and oxygen atoms in total. The zero-order valence-electron chi connectivity index (χ0n) is 16.6. The minimum Gasteiger partial charge on any atom is -0.324 e. The predicted molar refractivity (Wildman–Crippen MR) is 116 cm³/mol. The van der Waals surface area contributed by atoms with E-state index in [4.69, 9.17) is 11.6 Å². The first-order chi connectivity index (χ1) is 14.1. The SMILES string of the molecule is O=C1CN(C(=O)CCC2CCCCC2)C(c2ccccc2)c2cc(Cl)ccc2N1. The Morgan fingerprint density at radius 1 is 1.07 bits per heavy atom. The molecule has 2 amide bonds. The van der Waals surface area contributed by atoms with Crippen molar-refractivity contribution in [3.63, 3.8) is 0 Å². The van der Waals surface area contributed by atoms with Gasteiger partial charge in [-0.25, -0.2) is 0 Å². The molecule has 2 aromatic rings. The number of hydrogen-bond donors (Lipinski definition) is 1. The van der Waals surface area contributed by atoms with E-state index in [9.17, 15) is 9.59 Å². The maximum Gasteiger partial charge on any atom is 0.244 e. The van der Waals surface area contributed by atoms with E-state index in [1.807, 2.05) is 42.5 Å². The fourth-order valence-electron chi connectivity index (χ4n) is 4.65. The van der Waals surface area contributed by atoms with Crippen LogP contribution in [0.1, 0.15) is 62.1 Å². The molecular weight excluding hydrogens is 384 g/mol. The van der Waals surface area contributed by atoms with Crippen LogP contribution in [0.25, 0.3) is 0 Å². The Kier molecular flexibility index (Phi) is 6.19. The van der Waals surface area contributed by atoms with Crippen molar-refractivity contribution in [3.05, 3.63) is 64.7 Å². The number of hydrogen-bond acceptors (Lipinski definition) is 2. The van der Waals surface area contributed by atoms with Gasteiger partial charge in [0.15, 0.2) is 0 Å². The minimum atomic E-state index is -0.331. The van der Waals surface area contributed by atoms with Gasteiger partial charge < -0.3 is 10.2 Å². The number of rotatable bonds is 4. The molecule has 0 saturated heterocycles. The largest absolute Gasteiger partial charge is 0.324 e. The lowest BCUT2D eigenvalue weighted by atomic mass is 9.86. The summed E-state index contributed by atoms with van der Waals surface area (Å²) < 4.78 is 0. The predicted octanol–water partition coefficient (Wildman–Crippen LogP) is 5.57. The minimum absolute atomic E-state index is 0.0346. The molecule has 1 heterocycles. The first-order valence-electron chi connectivity index (χ1n) is 10.6. The monoisotopic (exact) mass is 410 g/mol. The van der Waals surface area contributed by atoms with Crippen LogP contribution in [-0.2, 0) is 9.59 Å². The van der Waals surface area contributed by atoms with Gasteiger partial charge in [-0.3, -0.25) is 9.59 Å². The molecule has 152 valence electrons. The molecular formula is C24H27ClN2O2. The van der Waals surface area contributed by atoms with Crippen LogP contribution >= 0.6 is 11.6 Å². The van der Waals surface area contributed by atoms with Crippen molar-refractivity contribution >= 4 is 29.1 Å². The van der Waals surface area contributed by atoms with Gasteiger partial charge in [0.25, 0.3) is 0 Å². The van der Waals surface area contributed by atoms with Crippen LogP contribution in [0, 0.1) is 5.92 Å². The Morgan fingerprint density at radius 2 is 1.83 bits per heavy atom. The van der Waals surface area contributed by atoms with Crippen LogP contribution < -0.4 is 5.32 Å². The van der Waals surface area contributed by atoms with Gasteiger partial charge in [-0.15, -0.1) is 0 Å². The molecule has 5 heteroatoms. The molecule has 1 N–H and O–H groups in total. The Hall–Kier alpha value is -2.33. The molecule has 4 rings (SSSR count). The van der Waals surface area contributed by atoms with Crippen molar-refractivity contribution in [2.75, 3.05) is 11.9 Å². The summed E-state index contributed by atoms with van der Waals surface area (Å²) in [4.78, 5) is 27.7. The highest BCUT2D eigenvalue weighted by Crippen LogP contribution is 2.38. The molecule has 1 fully saturated rings. The summed E-state index contributed by atoms with van der Waals surface area (Å²) in [6.07, 6.45) is 7.66. The van der Waals surface area contributed by atoms with Crippen molar-refractivity contribution < 1.29 is 9.59 Å². The van der Waals surface area contributed by atoms with Crippen LogP contribution in [0.4, 0.5) is 5.69 Å². The number of carbonyl (C=O) groups excluding carboxylic acids is 2. The fraction of sp³-hybridized carbons (Fsp3) is 0.417. The van der Waals surface area contributed by atoms with Crippen molar-refractivity contribution in [1.29, 1.82) is 0 Å². The first-order valence-corrected chi connectivity index (χ1v) is 10.9. The number of amides is 2. The maximum absolute atomic E-state index is 13.3. The van der Waals surface area contributed by atoms with Gasteiger partial charge in [0.2, 0.25) is 11.8 Å². The van der Waals surface area contributed by atoms with E-state index in [2.05, 4.69) is 5.32 Å². The van der Waals surface area contributed by atoms with Crippen molar-refractivity contribution in [3.8, 4) is 0 Å². The van der Waals surface area contributed by atoms with Crippen molar-refractivity contribution in [2.45, 2.75) is 51.0 Å². The summed E-state index contributed by atoms with van der Waals surface area (Å²) in [5.74, 6) is 0.496. The normalized spacial score (nSPS) is 20.0. The van der Waals surface area contributed by atoms with E-state index in [1.165, 1.54) is 32.1 Å². The average molecular weight is 411 g/mol. The van der Waals surface area contributed by atoms with Gasteiger partial charge >= 0.3 is 0 Å². The molecule has 0 spiro atoms. The second-order valence-electron chi connectivity index (χ2n) is 8.16. The molecule has 2 aliphatic rings. The zero-order valence-corrected chi connectivity index (χ0v) is 17.3. The quantitative estimate of drug-likeness (QED) is 0.716. The first kappa shape index (κ1) is 20.0. The van der Waals surface area contributed by atoms with E-state index in [-0.39, 0.29) is 24.4 Å². The van der Waals surface area contributed by atoms with Crippen LogP contribution in [0.3, 0.4) is 0 Å². The third-order valence-corrected chi connectivity index (χ3v) is 6.37. The third kappa shape index (κ3) is 4.64. The molecule has 0 bridgehead atoms. The topological polar surface area (TPSA) is 49.4 Å². The Balaban J connectivity index is 1.66. The highest BCUT2D eigenvalue weighted by Gasteiger charge is 2.33. The van der Waals surface area contributed by atoms with Gasteiger partial charge in [0.05, 0.1) is 6.04 Å². The standard InChI is InChI=1S/C24H27ClN2O2/c25-19-12-13-21-20(15-19)24(18-9-5-2-6-10-18)27(16-22(28)26-21)23(29)14-11-17-7-3-1-4-8-17/h2,5-6,9-10,12-13,15,17,24H,1,3-4,7-8,11,14,16H2,(H,26,28). The molecule has 1 atom stereocenters. The highest BCUT2D eigenvalue weighted by molar-refractivity contribution is 6.30. The third-order valence-electron chi connectivity index (χ3n) is 6.13. The average Bonchev–Trinajstić information content (AvgIpc) is 2.89. The van der Waals surface area contributed by atoms with E-state index in [1.54, 1.807) is 11.0 Å². The van der Waals surface area contributed by atoms with Gasteiger partial charge in [-0.1, -0.05) is 74.0 Å². The number of benzene rings is 2. The number of anilines is 1. The number of fused-ring (bicyclic) bond motifs is 1. The van der Waals surface area contributed by atoms with Crippen LogP contribution in [-0.4, -0.2) is 23.3 Å². The summed E-state index contributed by atoms with van der Waals surface area (Å²) in [5, 5.41) is 3.54. The molecule has 1 aliphatic carbocycles. The molecule has 0 radical (unpaired) electrons. The van der Waals surface area contributed by atoms with Crippen LogP contribution in [0.5, 0.6) is 0 Å². The molecule has 1 aliphatic heterocycles. The fourth-order valence-corrected chi connectivity index (χ4v) is 4.83. The van der Waals surface area contributed by atoms with Crippen molar-refractivity contribution in [1.82, 2.24) is 4.90 Å². The Bertz CT molecular complexity index is 878. The Morgan fingerprint density at radius 3 is 2.59 bits per heavy atom. The molecule has 0 aromatic heterocycles.